The first kappa shape index (κ1) is 19.0. The van der Waals surface area contributed by atoms with Gasteiger partial charge in [0.15, 0.2) is 0 Å². The summed E-state index contributed by atoms with van der Waals surface area (Å²) in [6.45, 7) is 4.89. The molecule has 0 amide bonds. The summed E-state index contributed by atoms with van der Waals surface area (Å²) < 4.78 is 29.6. The van der Waals surface area contributed by atoms with Gasteiger partial charge >= 0.3 is 15.6 Å². The molecule has 0 saturated heterocycles. The highest BCUT2D eigenvalue weighted by Gasteiger charge is 2.32. The maximum Gasteiger partial charge on any atom is 0.481 e. The van der Waals surface area contributed by atoms with Gasteiger partial charge in [-0.1, -0.05) is 11.6 Å². The normalized spacial score (nSPS) is 15.3. The molecule has 114 valence electrons. The van der Waals surface area contributed by atoms with Crippen molar-refractivity contribution in [1.82, 2.24) is 4.90 Å². The van der Waals surface area contributed by atoms with Crippen LogP contribution in [-0.2, 0) is 18.0 Å². The largest absolute Gasteiger partial charge is 0.481 e. The van der Waals surface area contributed by atoms with Crippen LogP contribution >= 0.6 is 15.6 Å². The number of phosphoric ester groups is 1. The lowest BCUT2D eigenvalue weighted by Crippen LogP contribution is -2.23. The van der Waals surface area contributed by atoms with E-state index in [0.29, 0.717) is 6.54 Å². The van der Waals surface area contributed by atoms with Crippen molar-refractivity contribution in [3.05, 3.63) is 11.6 Å². The molecule has 1 unspecified atom stereocenters. The van der Waals surface area contributed by atoms with E-state index in [2.05, 4.69) is 14.9 Å². The van der Waals surface area contributed by atoms with Gasteiger partial charge in [-0.3, -0.25) is 4.52 Å². The average Bonchev–Trinajstić information content (AvgIpc) is 2.12. The van der Waals surface area contributed by atoms with E-state index in [1.807, 2.05) is 18.7 Å². The maximum absolute atomic E-state index is 11.1. The summed E-state index contributed by atoms with van der Waals surface area (Å²) >= 11 is 0. The lowest BCUT2D eigenvalue weighted by atomic mass is 10.2. The molecule has 0 aliphatic carbocycles. The quantitative estimate of drug-likeness (QED) is 0.433. The molecule has 10 heteroatoms. The van der Waals surface area contributed by atoms with Crippen molar-refractivity contribution < 1.29 is 32.6 Å². The summed E-state index contributed by atoms with van der Waals surface area (Å²) in [7, 11) is -7.95. The molecule has 1 atom stereocenters. The minimum atomic E-state index is -5.04. The minimum Gasteiger partial charge on any atom is -0.304 e. The number of likely N-dealkylation sites (N-methyl/N-ethyl adjacent to an activating group) is 1. The van der Waals surface area contributed by atoms with Crippen LogP contribution in [0.15, 0.2) is 11.6 Å². The van der Waals surface area contributed by atoms with Crippen molar-refractivity contribution in [2.45, 2.75) is 20.3 Å². The molecule has 0 aromatic heterocycles. The van der Waals surface area contributed by atoms with Gasteiger partial charge in [0.25, 0.3) is 0 Å². The molecule has 0 fully saturated rings. The van der Waals surface area contributed by atoms with Crippen LogP contribution in [0.5, 0.6) is 0 Å². The highest BCUT2D eigenvalue weighted by atomic mass is 31.3. The average molecular weight is 317 g/mol. The van der Waals surface area contributed by atoms with Crippen LogP contribution in [-0.4, -0.2) is 46.3 Å². The molecule has 0 aliphatic heterocycles. The Morgan fingerprint density at radius 3 is 2.26 bits per heavy atom. The molecule has 0 rings (SSSR count). The molecule has 8 nitrogen and oxygen atoms in total. The van der Waals surface area contributed by atoms with Crippen LogP contribution in [0, 0.1) is 0 Å². The van der Waals surface area contributed by atoms with Gasteiger partial charge in [-0.15, -0.1) is 0 Å². The summed E-state index contributed by atoms with van der Waals surface area (Å²) in [5, 5.41) is 0. The van der Waals surface area contributed by atoms with Gasteiger partial charge in [0.2, 0.25) is 0 Å². The fraction of sp³-hybridized carbons (Fsp3) is 0.778. The van der Waals surface area contributed by atoms with Gasteiger partial charge in [0, 0.05) is 13.1 Å². The highest BCUT2D eigenvalue weighted by Crippen LogP contribution is 2.57. The summed E-state index contributed by atoms with van der Waals surface area (Å²) in [6, 6.07) is 0. The number of nitrogens with zero attached hydrogens (tertiary/aromatic N) is 1. The second kappa shape index (κ2) is 8.29. The first-order valence-electron chi connectivity index (χ1n) is 5.58. The molecule has 0 aromatic rings. The number of allylic oxidation sites excluding steroid dienone is 1. The molecule has 0 heterocycles. The van der Waals surface area contributed by atoms with Crippen molar-refractivity contribution in [2.75, 3.05) is 26.7 Å². The van der Waals surface area contributed by atoms with E-state index in [4.69, 9.17) is 14.7 Å². The smallest absolute Gasteiger partial charge is 0.304 e. The molecule has 0 saturated carbocycles. The molecular formula is C9H21NO7P2. The molecule has 0 bridgehead atoms. The Balaban J connectivity index is 3.93. The number of hydrogen-bond acceptors (Lipinski definition) is 5. The van der Waals surface area contributed by atoms with Crippen LogP contribution in [0.1, 0.15) is 20.3 Å². The molecule has 0 spiro atoms. The third-order valence-electron chi connectivity index (χ3n) is 2.00. The third-order valence-corrected chi connectivity index (χ3v) is 4.19. The van der Waals surface area contributed by atoms with Gasteiger partial charge in [0.05, 0.1) is 6.61 Å². The van der Waals surface area contributed by atoms with E-state index in [1.165, 1.54) is 5.57 Å². The minimum absolute atomic E-state index is 0.168. The van der Waals surface area contributed by atoms with Crippen molar-refractivity contribution in [3.8, 4) is 0 Å². The van der Waals surface area contributed by atoms with Gasteiger partial charge in [-0.2, -0.15) is 4.31 Å². The van der Waals surface area contributed by atoms with E-state index < -0.39 is 15.6 Å². The molecule has 19 heavy (non-hydrogen) atoms. The summed E-state index contributed by atoms with van der Waals surface area (Å²) in [4.78, 5) is 27.6. The van der Waals surface area contributed by atoms with Gasteiger partial charge in [-0.05, 0) is 27.3 Å². The monoisotopic (exact) mass is 317 g/mol. The number of hydrogen-bond donors (Lipinski definition) is 3. The van der Waals surface area contributed by atoms with Crippen LogP contribution in [0.4, 0.5) is 0 Å². The van der Waals surface area contributed by atoms with E-state index in [1.54, 1.807) is 7.05 Å². The van der Waals surface area contributed by atoms with Crippen LogP contribution in [0.3, 0.4) is 0 Å². The Morgan fingerprint density at radius 2 is 1.79 bits per heavy atom. The number of phosphoric acid groups is 2. The summed E-state index contributed by atoms with van der Waals surface area (Å²) in [6.07, 6.45) is 2.90. The predicted octanol–water partition coefficient (Wildman–Crippen LogP) is 1.50. The Labute approximate surface area is 112 Å². The summed E-state index contributed by atoms with van der Waals surface area (Å²) in [5.41, 5.74) is 1.21. The third kappa shape index (κ3) is 12.7. The van der Waals surface area contributed by atoms with Gasteiger partial charge < -0.3 is 19.6 Å². The van der Waals surface area contributed by atoms with Gasteiger partial charge in [0.1, 0.15) is 0 Å². The Kier molecular flexibility index (Phi) is 8.27. The molecule has 3 N–H and O–H groups in total. The van der Waals surface area contributed by atoms with Crippen LogP contribution in [0.25, 0.3) is 0 Å². The molecule has 0 radical (unpaired) electrons. The fourth-order valence-corrected chi connectivity index (χ4v) is 2.73. The lowest BCUT2D eigenvalue weighted by Gasteiger charge is -2.17. The standard InChI is InChI=1S/C9H21NO7P2/c1-9(2)5-4-6-10(3)7-8-16-19(14,15)17-18(11,12)13/h5H,4,6-8H2,1-3H3,(H,14,15)(H2,11,12,13). The van der Waals surface area contributed by atoms with E-state index >= 15 is 0 Å². The maximum atomic E-state index is 11.1. The van der Waals surface area contributed by atoms with E-state index in [0.717, 1.165) is 13.0 Å². The van der Waals surface area contributed by atoms with Crippen LogP contribution in [0.2, 0.25) is 0 Å². The highest BCUT2D eigenvalue weighted by molar-refractivity contribution is 7.60. The van der Waals surface area contributed by atoms with Crippen molar-refractivity contribution >= 4 is 15.6 Å². The zero-order valence-corrected chi connectivity index (χ0v) is 13.0. The topological polar surface area (TPSA) is 117 Å². The first-order chi connectivity index (χ1) is 8.52. The van der Waals surface area contributed by atoms with Crippen LogP contribution < -0.4 is 0 Å². The number of rotatable bonds is 9. The second-order valence-electron chi connectivity index (χ2n) is 4.25. The Bertz CT molecular complexity index is 388. The Morgan fingerprint density at radius 1 is 1.21 bits per heavy atom. The fourth-order valence-electron chi connectivity index (χ4n) is 1.16. The summed E-state index contributed by atoms with van der Waals surface area (Å²) in [5.74, 6) is 0. The zero-order valence-electron chi connectivity index (χ0n) is 11.2. The second-order valence-corrected chi connectivity index (χ2v) is 7.08. The first-order valence-corrected chi connectivity index (χ1v) is 8.60. The molecule has 0 aliphatic rings. The predicted molar refractivity (Wildman–Crippen MR) is 70.5 cm³/mol. The van der Waals surface area contributed by atoms with Crippen molar-refractivity contribution in [1.29, 1.82) is 0 Å². The van der Waals surface area contributed by atoms with Gasteiger partial charge in [-0.25, -0.2) is 9.13 Å². The SMILES string of the molecule is CC(C)=CCCN(C)CCOP(=O)(O)OP(=O)(O)O. The van der Waals surface area contributed by atoms with E-state index in [9.17, 15) is 9.13 Å². The zero-order chi connectivity index (χ0) is 15.1. The van der Waals surface area contributed by atoms with Crippen molar-refractivity contribution in [3.63, 3.8) is 0 Å². The molecular weight excluding hydrogens is 296 g/mol. The van der Waals surface area contributed by atoms with E-state index in [-0.39, 0.29) is 6.61 Å². The van der Waals surface area contributed by atoms with Crippen molar-refractivity contribution in [2.24, 2.45) is 0 Å². The lowest BCUT2D eigenvalue weighted by molar-refractivity contribution is 0.161. The molecule has 0 aromatic carbocycles. The Hall–Kier alpha value is -0.0400.